The van der Waals surface area contributed by atoms with E-state index in [1.807, 2.05) is 23.1 Å². The van der Waals surface area contributed by atoms with Gasteiger partial charge in [0.15, 0.2) is 6.35 Å². The first-order chi connectivity index (χ1) is 19.9. The Labute approximate surface area is 248 Å². The minimum atomic E-state index is -0.276. The molecule has 9 nitrogen and oxygen atoms in total. The van der Waals surface area contributed by atoms with E-state index in [1.165, 1.54) is 18.1 Å². The summed E-state index contributed by atoms with van der Waals surface area (Å²) in [5, 5.41) is 17.9. The molecule has 0 aromatic heterocycles. The second-order valence-corrected chi connectivity index (χ2v) is 13.0. The second-order valence-electron chi connectivity index (χ2n) is 12.6. The molecule has 1 amide bonds. The number of piperazine rings is 1. The smallest absolute Gasteiger partial charge is 0.246 e. The van der Waals surface area contributed by atoms with Crippen molar-refractivity contribution in [3.05, 3.63) is 41.4 Å². The Morgan fingerprint density at radius 1 is 1.27 bits per heavy atom. The summed E-state index contributed by atoms with van der Waals surface area (Å²) in [4.78, 5) is 19.2. The lowest BCUT2D eigenvalue weighted by molar-refractivity contribution is -0.139. The highest BCUT2D eigenvalue weighted by Gasteiger charge is 2.51. The van der Waals surface area contributed by atoms with E-state index >= 15 is 0 Å². The zero-order valence-corrected chi connectivity index (χ0v) is 24.8. The number of likely N-dealkylation sites (tertiary alicyclic amines) is 1. The molecule has 6 rings (SSSR count). The molecule has 4 heterocycles. The van der Waals surface area contributed by atoms with Crippen molar-refractivity contribution in [3.63, 3.8) is 0 Å². The maximum atomic E-state index is 12.5. The molecule has 222 valence electrons. The first-order valence-corrected chi connectivity index (χ1v) is 15.6. The van der Waals surface area contributed by atoms with Crippen molar-refractivity contribution in [2.75, 3.05) is 39.8 Å². The lowest BCUT2D eigenvalue weighted by Crippen LogP contribution is -2.73. The quantitative estimate of drug-likeness (QED) is 0.495. The summed E-state index contributed by atoms with van der Waals surface area (Å²) in [5.41, 5.74) is 0.990. The molecule has 0 radical (unpaired) electrons. The molecule has 5 aliphatic rings. The zero-order valence-electron chi connectivity index (χ0n) is 24.1. The van der Waals surface area contributed by atoms with Crippen molar-refractivity contribution < 1.29 is 14.3 Å². The van der Waals surface area contributed by atoms with Gasteiger partial charge in [-0.25, -0.2) is 0 Å². The number of likely N-dealkylation sites (N-methyl/N-ethyl adjacent to an activating group) is 1. The summed E-state index contributed by atoms with van der Waals surface area (Å²) in [6.45, 7) is 7.46. The number of benzene rings is 1. The molecule has 4 aliphatic heterocycles. The van der Waals surface area contributed by atoms with E-state index in [0.29, 0.717) is 38.1 Å². The van der Waals surface area contributed by atoms with Crippen molar-refractivity contribution in [1.82, 2.24) is 25.3 Å². The SMILES string of the molecule is C=CC(=O)N1CCN(C2NC(OCC3CCCN3C)NC3C[C@]4(CCc5cc(Cl)ccc5O4)CCC32)CC1CC#N. The highest BCUT2D eigenvalue weighted by molar-refractivity contribution is 6.30. The van der Waals surface area contributed by atoms with Crippen LogP contribution in [0.15, 0.2) is 30.9 Å². The predicted octanol–water partition coefficient (Wildman–Crippen LogP) is 3.10. The summed E-state index contributed by atoms with van der Waals surface area (Å²) in [5.74, 6) is 1.22. The van der Waals surface area contributed by atoms with Crippen LogP contribution < -0.4 is 15.4 Å². The van der Waals surface area contributed by atoms with Crippen LogP contribution in [0.25, 0.3) is 0 Å². The number of fused-ring (bicyclic) bond motifs is 2. The van der Waals surface area contributed by atoms with E-state index in [1.54, 1.807) is 0 Å². The second kappa shape index (κ2) is 12.2. The van der Waals surface area contributed by atoms with Gasteiger partial charge in [0.1, 0.15) is 11.4 Å². The molecule has 1 saturated carbocycles. The largest absolute Gasteiger partial charge is 0.487 e. The van der Waals surface area contributed by atoms with Crippen molar-refractivity contribution in [2.24, 2.45) is 5.92 Å². The Morgan fingerprint density at radius 3 is 2.93 bits per heavy atom. The van der Waals surface area contributed by atoms with Gasteiger partial charge in [0.05, 0.1) is 31.3 Å². The molecular weight excluding hydrogens is 540 g/mol. The number of nitrogens with one attached hydrogen (secondary N) is 2. The fourth-order valence-electron chi connectivity index (χ4n) is 7.87. The van der Waals surface area contributed by atoms with Crippen LogP contribution in [0.2, 0.25) is 5.02 Å². The fourth-order valence-corrected chi connectivity index (χ4v) is 8.06. The maximum absolute atomic E-state index is 12.5. The summed E-state index contributed by atoms with van der Waals surface area (Å²) in [6, 6.07) is 8.78. The van der Waals surface area contributed by atoms with Crippen molar-refractivity contribution >= 4 is 17.5 Å². The Balaban J connectivity index is 1.20. The van der Waals surface area contributed by atoms with E-state index in [4.69, 9.17) is 21.1 Å². The molecule has 0 bridgehead atoms. The number of amides is 1. The molecule has 1 aliphatic carbocycles. The number of aryl methyl sites for hydroxylation is 1. The molecule has 1 aromatic carbocycles. The van der Waals surface area contributed by atoms with Crippen molar-refractivity contribution in [1.29, 1.82) is 5.26 Å². The Hall–Kier alpha value is -2.19. The Morgan fingerprint density at radius 2 is 2.15 bits per heavy atom. The van der Waals surface area contributed by atoms with Gasteiger partial charge >= 0.3 is 0 Å². The third kappa shape index (κ3) is 6.01. The van der Waals surface area contributed by atoms with Gasteiger partial charge in [-0.3, -0.25) is 20.3 Å². The van der Waals surface area contributed by atoms with Gasteiger partial charge in [-0.15, -0.1) is 0 Å². The van der Waals surface area contributed by atoms with Crippen LogP contribution in [0, 0.1) is 17.2 Å². The van der Waals surface area contributed by atoms with E-state index in [-0.39, 0.29) is 36.1 Å². The van der Waals surface area contributed by atoms with Gasteiger partial charge in [-0.05, 0) is 82.0 Å². The molecule has 4 fully saturated rings. The first kappa shape index (κ1) is 28.9. The van der Waals surface area contributed by atoms with E-state index in [9.17, 15) is 10.1 Å². The number of carbonyl (C=O) groups is 1. The number of halogens is 1. The van der Waals surface area contributed by atoms with E-state index in [2.05, 4.69) is 40.1 Å². The molecule has 7 atom stereocenters. The molecule has 3 saturated heterocycles. The molecule has 1 spiro atoms. The fraction of sp³-hybridized carbons (Fsp3) is 0.677. The number of carbonyl (C=O) groups excluding carboxylic acids is 1. The van der Waals surface area contributed by atoms with E-state index < -0.39 is 0 Å². The number of hydrogen-bond donors (Lipinski definition) is 2. The highest BCUT2D eigenvalue weighted by atomic mass is 35.5. The molecule has 10 heteroatoms. The van der Waals surface area contributed by atoms with Crippen LogP contribution in [-0.4, -0.2) is 96.7 Å². The van der Waals surface area contributed by atoms with Crippen LogP contribution in [0.5, 0.6) is 5.75 Å². The van der Waals surface area contributed by atoms with Crippen LogP contribution >= 0.6 is 11.6 Å². The molecule has 6 unspecified atom stereocenters. The summed E-state index contributed by atoms with van der Waals surface area (Å²) in [7, 11) is 2.18. The molecule has 1 aromatic rings. The van der Waals surface area contributed by atoms with Gasteiger partial charge in [-0.1, -0.05) is 18.2 Å². The summed E-state index contributed by atoms with van der Waals surface area (Å²) >= 11 is 6.26. The average Bonchev–Trinajstić information content (AvgIpc) is 3.39. The average molecular weight is 583 g/mol. The third-order valence-corrected chi connectivity index (χ3v) is 10.4. The van der Waals surface area contributed by atoms with Crippen molar-refractivity contribution in [2.45, 2.75) is 87.6 Å². The number of hydrogen-bond acceptors (Lipinski definition) is 8. The number of nitrogens with zero attached hydrogens (tertiary/aromatic N) is 4. The van der Waals surface area contributed by atoms with Crippen molar-refractivity contribution in [3.8, 4) is 11.8 Å². The Kier molecular flexibility index (Phi) is 8.60. The molecular formula is C31H43ClN6O3. The van der Waals surface area contributed by atoms with Gasteiger partial charge in [0.25, 0.3) is 0 Å². The predicted molar refractivity (Wildman–Crippen MR) is 157 cm³/mol. The van der Waals surface area contributed by atoms with Crippen LogP contribution in [0.4, 0.5) is 0 Å². The first-order valence-electron chi connectivity index (χ1n) is 15.2. The highest BCUT2D eigenvalue weighted by Crippen LogP contribution is 2.46. The van der Waals surface area contributed by atoms with Gasteiger partial charge in [0.2, 0.25) is 5.91 Å². The maximum Gasteiger partial charge on any atom is 0.246 e. The topological polar surface area (TPSA) is 93.1 Å². The van der Waals surface area contributed by atoms with E-state index in [0.717, 1.165) is 62.4 Å². The normalized spacial score (nSPS) is 35.8. The lowest BCUT2D eigenvalue weighted by Gasteiger charge is -2.55. The van der Waals surface area contributed by atoms with Gasteiger partial charge in [0, 0.05) is 49.1 Å². The standard InChI is InChI=1S/C31H43ClN6O3/c1-3-28(39)38-16-15-37(19-23(38)10-13-33)29-25-9-12-31(11-8-21-17-22(32)6-7-27(21)41-31)18-26(25)34-30(35-29)40-20-24-5-4-14-36(24)2/h3,6-7,17,23-26,29-30,34-35H,1,4-5,8-12,14-16,18-20H2,2H3/t23?,24?,25?,26?,29?,30?,31-/m0/s1. The monoisotopic (exact) mass is 582 g/mol. The minimum absolute atomic E-state index is 0.0850. The summed E-state index contributed by atoms with van der Waals surface area (Å²) < 4.78 is 13.3. The molecule has 41 heavy (non-hydrogen) atoms. The number of rotatable bonds is 6. The zero-order chi connectivity index (χ0) is 28.6. The van der Waals surface area contributed by atoms with Gasteiger partial charge in [-0.2, -0.15) is 5.26 Å². The van der Waals surface area contributed by atoms with Crippen LogP contribution in [0.3, 0.4) is 0 Å². The lowest BCUT2D eigenvalue weighted by atomic mass is 9.70. The number of ether oxygens (including phenoxy) is 2. The van der Waals surface area contributed by atoms with Gasteiger partial charge < -0.3 is 19.3 Å². The Bertz CT molecular complexity index is 1180. The minimum Gasteiger partial charge on any atom is -0.487 e. The van der Waals surface area contributed by atoms with Crippen LogP contribution in [0.1, 0.15) is 50.5 Å². The third-order valence-electron chi connectivity index (χ3n) is 10.2. The molecule has 2 N–H and O–H groups in total. The number of nitriles is 1. The van der Waals surface area contributed by atoms with Crippen LogP contribution in [-0.2, 0) is 16.0 Å². The summed E-state index contributed by atoms with van der Waals surface area (Å²) in [6.07, 6.45) is 8.73.